The lowest BCUT2D eigenvalue weighted by Crippen LogP contribution is -2.02. The Hall–Kier alpha value is -0.0200. The summed E-state index contributed by atoms with van der Waals surface area (Å²) in [6, 6.07) is 1.90. The topological polar surface area (TPSA) is 94.3 Å². The molecule has 0 amide bonds. The van der Waals surface area contributed by atoms with Gasteiger partial charge in [-0.2, -0.15) is 0 Å². The van der Waals surface area contributed by atoms with Crippen LogP contribution in [0.25, 0.3) is 0 Å². The molecule has 0 fully saturated rings. The summed E-state index contributed by atoms with van der Waals surface area (Å²) in [5.74, 6) is 0. The Morgan fingerprint density at radius 3 is 1.81 bits per heavy atom. The van der Waals surface area contributed by atoms with E-state index in [1.807, 2.05) is 0 Å². The van der Waals surface area contributed by atoms with Crippen LogP contribution in [0.1, 0.15) is 0 Å². The molecule has 1 aromatic rings. The van der Waals surface area contributed by atoms with Gasteiger partial charge >= 0.3 is 0 Å². The zero-order valence-corrected chi connectivity index (χ0v) is 12.0. The van der Waals surface area contributed by atoms with Crippen molar-refractivity contribution in [1.82, 2.24) is 0 Å². The molecule has 0 aromatic heterocycles. The van der Waals surface area contributed by atoms with Crippen LogP contribution >= 0.6 is 37.3 Å². The maximum Gasteiger partial charge on any atom is 0.263 e. The molecule has 10 heteroatoms. The number of benzene rings is 1. The highest BCUT2D eigenvalue weighted by Gasteiger charge is 2.22. The predicted octanol–water partition coefficient (Wildman–Crippen LogP) is 1.89. The van der Waals surface area contributed by atoms with E-state index in [0.29, 0.717) is 0 Å². The van der Waals surface area contributed by atoms with E-state index in [4.69, 9.17) is 27.1 Å². The van der Waals surface area contributed by atoms with Crippen molar-refractivity contribution in [3.8, 4) is 0 Å². The normalized spacial score (nSPS) is 12.7. The van der Waals surface area contributed by atoms with Crippen molar-refractivity contribution in [3.63, 3.8) is 0 Å². The molecule has 0 aliphatic heterocycles. The van der Waals surface area contributed by atoms with Crippen LogP contribution in [0, 0.1) is 0 Å². The Bertz CT molecular complexity index is 587. The Balaban J connectivity index is 3.72. The highest BCUT2D eigenvalue weighted by molar-refractivity contribution is 9.10. The van der Waals surface area contributed by atoms with E-state index in [2.05, 4.69) is 15.9 Å². The van der Waals surface area contributed by atoms with E-state index in [1.54, 1.807) is 0 Å². The van der Waals surface area contributed by atoms with Crippen LogP contribution in [0.3, 0.4) is 0 Å². The van der Waals surface area contributed by atoms with Crippen molar-refractivity contribution in [2.75, 3.05) is 5.73 Å². The third-order valence-electron chi connectivity index (χ3n) is 1.59. The van der Waals surface area contributed by atoms with Gasteiger partial charge in [0.05, 0.1) is 10.6 Å². The average Bonchev–Trinajstić information content (AvgIpc) is 1.97. The van der Waals surface area contributed by atoms with Gasteiger partial charge in [0.15, 0.2) is 0 Å². The second kappa shape index (κ2) is 4.34. The number of hydrogen-bond acceptors (Lipinski definition) is 5. The van der Waals surface area contributed by atoms with Gasteiger partial charge in [-0.1, -0.05) is 0 Å². The van der Waals surface area contributed by atoms with Gasteiger partial charge in [0.2, 0.25) is 0 Å². The Labute approximate surface area is 110 Å². The van der Waals surface area contributed by atoms with Crippen molar-refractivity contribution in [2.24, 2.45) is 0 Å². The number of nitrogen functional groups attached to an aromatic ring is 1. The molecule has 0 saturated carbocycles. The molecule has 5 nitrogen and oxygen atoms in total. The number of anilines is 1. The maximum absolute atomic E-state index is 11.1. The monoisotopic (exact) mass is 367 g/mol. The molecular formula is C6H4BrCl2NO4S2. The molecule has 0 saturated heterocycles. The average molecular weight is 369 g/mol. The first kappa shape index (κ1) is 14.0. The maximum atomic E-state index is 11.1. The molecule has 0 aliphatic rings. The lowest BCUT2D eigenvalue weighted by atomic mass is 10.3. The van der Waals surface area contributed by atoms with Gasteiger partial charge in [0.25, 0.3) is 18.1 Å². The summed E-state index contributed by atoms with van der Waals surface area (Å²) in [5, 5.41) is 0. The minimum Gasteiger partial charge on any atom is -0.398 e. The molecule has 0 spiro atoms. The predicted molar refractivity (Wildman–Crippen MR) is 64.6 cm³/mol. The second-order valence-electron chi connectivity index (χ2n) is 2.70. The molecule has 16 heavy (non-hydrogen) atoms. The smallest absolute Gasteiger partial charge is 0.263 e. The summed E-state index contributed by atoms with van der Waals surface area (Å²) in [6.45, 7) is 0. The van der Waals surface area contributed by atoms with Crippen LogP contribution in [0.4, 0.5) is 5.69 Å². The lowest BCUT2D eigenvalue weighted by Gasteiger charge is -2.06. The molecule has 0 heterocycles. The summed E-state index contributed by atoms with van der Waals surface area (Å²) in [4.78, 5) is -0.917. The SMILES string of the molecule is Nc1cc(Br)c(S(=O)(=O)Cl)cc1S(=O)(=O)Cl. The van der Waals surface area contributed by atoms with Crippen LogP contribution in [0.2, 0.25) is 0 Å². The number of nitrogens with two attached hydrogens (primary N) is 1. The third-order valence-corrected chi connectivity index (χ3v) is 5.25. The van der Waals surface area contributed by atoms with Crippen LogP contribution in [0.15, 0.2) is 26.4 Å². The molecule has 0 atom stereocenters. The largest absolute Gasteiger partial charge is 0.398 e. The van der Waals surface area contributed by atoms with Crippen molar-refractivity contribution < 1.29 is 16.8 Å². The summed E-state index contributed by atoms with van der Waals surface area (Å²) in [7, 11) is 1.96. The third kappa shape index (κ3) is 3.01. The van der Waals surface area contributed by atoms with Gasteiger partial charge in [-0.3, -0.25) is 0 Å². The van der Waals surface area contributed by atoms with Gasteiger partial charge in [-0.05, 0) is 28.1 Å². The van der Waals surface area contributed by atoms with Gasteiger partial charge in [-0.25, -0.2) is 16.8 Å². The molecule has 1 aromatic carbocycles. The molecule has 0 radical (unpaired) electrons. The summed E-state index contributed by atoms with van der Waals surface area (Å²) in [5.41, 5.74) is 5.21. The summed E-state index contributed by atoms with van der Waals surface area (Å²) >= 11 is 2.90. The standard InChI is InChI=1S/C6H4BrCl2NO4S2/c7-3-1-4(10)6(16(9,13)14)2-5(3)15(8,11)12/h1-2H,10H2. The molecule has 0 bridgehead atoms. The van der Waals surface area contributed by atoms with E-state index < -0.39 is 27.9 Å². The molecule has 0 aliphatic carbocycles. The van der Waals surface area contributed by atoms with Crippen LogP contribution < -0.4 is 5.73 Å². The zero-order chi connectivity index (χ0) is 12.7. The van der Waals surface area contributed by atoms with Crippen LogP contribution in [0.5, 0.6) is 0 Å². The molecule has 2 N–H and O–H groups in total. The first-order valence-electron chi connectivity index (χ1n) is 3.52. The minimum atomic E-state index is -4.13. The minimum absolute atomic E-state index is 0.0593. The van der Waals surface area contributed by atoms with Gasteiger partial charge in [-0.15, -0.1) is 0 Å². The molecule has 0 unspecified atom stereocenters. The Morgan fingerprint density at radius 1 is 1.00 bits per heavy atom. The van der Waals surface area contributed by atoms with Gasteiger partial charge in [0.1, 0.15) is 4.90 Å². The van der Waals surface area contributed by atoms with Crippen molar-refractivity contribution in [2.45, 2.75) is 9.79 Å². The second-order valence-corrected chi connectivity index (χ2v) is 8.62. The fraction of sp³-hybridized carbons (Fsp3) is 0. The summed E-state index contributed by atoms with van der Waals surface area (Å²) in [6.07, 6.45) is 0. The van der Waals surface area contributed by atoms with Crippen molar-refractivity contribution in [1.29, 1.82) is 0 Å². The number of halogens is 3. The molecule has 1 rings (SSSR count). The van der Waals surface area contributed by atoms with Crippen molar-refractivity contribution >= 4 is 61.1 Å². The van der Waals surface area contributed by atoms with Gasteiger partial charge < -0.3 is 5.73 Å². The highest BCUT2D eigenvalue weighted by atomic mass is 79.9. The number of rotatable bonds is 2. The van der Waals surface area contributed by atoms with E-state index >= 15 is 0 Å². The molecular weight excluding hydrogens is 365 g/mol. The van der Waals surface area contributed by atoms with Gasteiger partial charge in [0, 0.05) is 25.8 Å². The molecule has 90 valence electrons. The lowest BCUT2D eigenvalue weighted by molar-refractivity contribution is 0.608. The first-order valence-corrected chi connectivity index (χ1v) is 8.93. The fourth-order valence-electron chi connectivity index (χ4n) is 0.948. The van der Waals surface area contributed by atoms with Crippen LogP contribution in [-0.2, 0) is 18.1 Å². The summed E-state index contributed by atoms with van der Waals surface area (Å²) < 4.78 is 44.4. The number of hydrogen-bond donors (Lipinski definition) is 1. The van der Waals surface area contributed by atoms with E-state index in [-0.39, 0.29) is 10.2 Å². The van der Waals surface area contributed by atoms with Crippen molar-refractivity contribution in [3.05, 3.63) is 16.6 Å². The van der Waals surface area contributed by atoms with Crippen LogP contribution in [-0.4, -0.2) is 16.8 Å². The zero-order valence-electron chi connectivity index (χ0n) is 7.32. The quantitative estimate of drug-likeness (QED) is 0.635. The Kier molecular flexibility index (Phi) is 3.81. The first-order chi connectivity index (χ1) is 7.03. The van der Waals surface area contributed by atoms with E-state index in [0.717, 1.165) is 12.1 Å². The fourth-order valence-corrected chi connectivity index (χ4v) is 4.24. The highest BCUT2D eigenvalue weighted by Crippen LogP contribution is 2.33. The van der Waals surface area contributed by atoms with E-state index in [1.165, 1.54) is 0 Å². The van der Waals surface area contributed by atoms with E-state index in [9.17, 15) is 16.8 Å². The Morgan fingerprint density at radius 2 is 1.44 bits per heavy atom.